The molecule has 0 saturated carbocycles. The molecule has 7 nitrogen and oxygen atoms in total. The van der Waals surface area contributed by atoms with E-state index in [1.54, 1.807) is 7.11 Å². The van der Waals surface area contributed by atoms with Crippen LogP contribution in [-0.2, 0) is 14.6 Å². The first kappa shape index (κ1) is 28.1. The van der Waals surface area contributed by atoms with Gasteiger partial charge in [0.15, 0.2) is 5.96 Å². The number of nitrogens with zero attached hydrogens (tertiary/aromatic N) is 2. The highest BCUT2D eigenvalue weighted by molar-refractivity contribution is 14.0. The van der Waals surface area contributed by atoms with Crippen molar-refractivity contribution in [3.8, 4) is 0 Å². The zero-order chi connectivity index (χ0) is 19.3. The van der Waals surface area contributed by atoms with Gasteiger partial charge in [0.1, 0.15) is 9.84 Å². The molecule has 0 aromatic carbocycles. The van der Waals surface area contributed by atoms with Crippen LogP contribution in [0.5, 0.6) is 0 Å². The number of methoxy groups -OCH3 is 1. The SMILES string of the molecule is CCNC(=NCC(C)(C)CCS(C)(=O)=O)NCCN(C)CCCOC.I. The number of ether oxygens (including phenoxy) is 1. The molecule has 9 heteroatoms. The summed E-state index contributed by atoms with van der Waals surface area (Å²) in [6, 6.07) is 0. The Morgan fingerprint density at radius 2 is 1.88 bits per heavy atom. The predicted octanol–water partition coefficient (Wildman–Crippen LogP) is 1.59. The van der Waals surface area contributed by atoms with Crippen LogP contribution in [0.1, 0.15) is 33.6 Å². The third-order valence-electron chi connectivity index (χ3n) is 3.83. The molecule has 0 aliphatic heterocycles. The van der Waals surface area contributed by atoms with Crippen molar-refractivity contribution in [2.45, 2.75) is 33.6 Å². The molecular formula is C17H39IN4O3S. The topological polar surface area (TPSA) is 83.0 Å². The molecule has 0 radical (unpaired) electrons. The van der Waals surface area contributed by atoms with Gasteiger partial charge in [-0.2, -0.15) is 0 Å². The molecule has 0 heterocycles. The number of guanidine groups is 1. The van der Waals surface area contributed by atoms with E-state index in [0.29, 0.717) is 13.0 Å². The Hall–Kier alpha value is -0.130. The summed E-state index contributed by atoms with van der Waals surface area (Å²) in [5.74, 6) is 0.978. The standard InChI is InChI=1S/C17H38N4O3S.HI/c1-7-18-16(19-10-12-21(4)11-8-13-24-5)20-15-17(2,3)9-14-25(6,22)23;/h7-15H2,1-6H3,(H2,18,19,20);1H. The van der Waals surface area contributed by atoms with Gasteiger partial charge in [0.2, 0.25) is 0 Å². The minimum Gasteiger partial charge on any atom is -0.385 e. The van der Waals surface area contributed by atoms with Gasteiger partial charge in [0.05, 0.1) is 5.75 Å². The maximum absolute atomic E-state index is 11.3. The Balaban J connectivity index is 0. The highest BCUT2D eigenvalue weighted by atomic mass is 127. The Kier molecular flexibility index (Phi) is 16.1. The molecule has 0 unspecified atom stereocenters. The number of rotatable bonds is 13. The summed E-state index contributed by atoms with van der Waals surface area (Å²) >= 11 is 0. The Morgan fingerprint density at radius 1 is 1.23 bits per heavy atom. The number of likely N-dealkylation sites (N-methyl/N-ethyl adjacent to an activating group) is 1. The third kappa shape index (κ3) is 17.3. The van der Waals surface area contributed by atoms with Gasteiger partial charge in [0.25, 0.3) is 0 Å². The number of sulfone groups is 1. The van der Waals surface area contributed by atoms with Gasteiger partial charge in [-0.25, -0.2) is 8.42 Å². The molecule has 0 aliphatic rings. The van der Waals surface area contributed by atoms with Crippen molar-refractivity contribution in [3.63, 3.8) is 0 Å². The second-order valence-electron chi connectivity index (χ2n) is 7.32. The molecule has 0 atom stereocenters. The van der Waals surface area contributed by atoms with Crippen LogP contribution in [0.15, 0.2) is 4.99 Å². The van der Waals surface area contributed by atoms with Crippen molar-refractivity contribution in [1.29, 1.82) is 0 Å². The summed E-state index contributed by atoms with van der Waals surface area (Å²) in [5.41, 5.74) is -0.150. The van der Waals surface area contributed by atoms with E-state index < -0.39 is 9.84 Å². The van der Waals surface area contributed by atoms with Gasteiger partial charge in [-0.15, -0.1) is 24.0 Å². The summed E-state index contributed by atoms with van der Waals surface area (Å²) in [5, 5.41) is 6.57. The van der Waals surface area contributed by atoms with Gasteiger partial charge in [-0.3, -0.25) is 4.99 Å². The van der Waals surface area contributed by atoms with E-state index >= 15 is 0 Å². The van der Waals surface area contributed by atoms with E-state index in [9.17, 15) is 8.42 Å². The van der Waals surface area contributed by atoms with Crippen LogP contribution in [0, 0.1) is 5.41 Å². The highest BCUT2D eigenvalue weighted by Gasteiger charge is 2.20. The van der Waals surface area contributed by atoms with Crippen molar-refractivity contribution in [1.82, 2.24) is 15.5 Å². The summed E-state index contributed by atoms with van der Waals surface area (Å²) < 4.78 is 27.8. The van der Waals surface area contributed by atoms with E-state index in [2.05, 4.69) is 41.4 Å². The predicted molar refractivity (Wildman–Crippen MR) is 121 cm³/mol. The second-order valence-corrected chi connectivity index (χ2v) is 9.58. The van der Waals surface area contributed by atoms with Crippen LogP contribution in [0.2, 0.25) is 0 Å². The van der Waals surface area contributed by atoms with Crippen LogP contribution in [0.3, 0.4) is 0 Å². The van der Waals surface area contributed by atoms with Gasteiger partial charge >= 0.3 is 0 Å². The zero-order valence-corrected chi connectivity index (χ0v) is 20.4. The first-order chi connectivity index (χ1) is 11.6. The number of aliphatic imine (C=N–C) groups is 1. The van der Waals surface area contributed by atoms with Crippen LogP contribution in [0.25, 0.3) is 0 Å². The summed E-state index contributed by atoms with van der Waals surface area (Å²) in [4.78, 5) is 6.87. The number of hydrogen-bond donors (Lipinski definition) is 2. The van der Waals surface area contributed by atoms with E-state index in [1.807, 2.05) is 6.92 Å². The molecule has 0 amide bonds. The maximum Gasteiger partial charge on any atom is 0.191 e. The van der Waals surface area contributed by atoms with Gasteiger partial charge in [-0.1, -0.05) is 13.8 Å². The molecule has 0 bridgehead atoms. The van der Waals surface area contributed by atoms with Crippen molar-refractivity contribution in [2.75, 3.05) is 65.5 Å². The number of nitrogens with one attached hydrogen (secondary N) is 2. The lowest BCUT2D eigenvalue weighted by atomic mass is 9.90. The summed E-state index contributed by atoms with van der Waals surface area (Å²) in [6.45, 7) is 11.0. The average molecular weight is 506 g/mol. The van der Waals surface area contributed by atoms with E-state index in [0.717, 1.165) is 45.2 Å². The Morgan fingerprint density at radius 3 is 2.42 bits per heavy atom. The van der Waals surface area contributed by atoms with Crippen LogP contribution >= 0.6 is 24.0 Å². The third-order valence-corrected chi connectivity index (χ3v) is 4.78. The Bertz CT molecular complexity index is 484. The lowest BCUT2D eigenvalue weighted by Crippen LogP contribution is -2.41. The fourth-order valence-electron chi connectivity index (χ4n) is 2.13. The van der Waals surface area contributed by atoms with Crippen LogP contribution < -0.4 is 10.6 Å². The van der Waals surface area contributed by atoms with Crippen molar-refractivity contribution >= 4 is 39.8 Å². The second kappa shape index (κ2) is 14.9. The summed E-state index contributed by atoms with van der Waals surface area (Å²) in [7, 11) is 0.880. The lowest BCUT2D eigenvalue weighted by molar-refractivity contribution is 0.180. The number of hydrogen-bond acceptors (Lipinski definition) is 5. The van der Waals surface area contributed by atoms with Gasteiger partial charge in [-0.05, 0) is 32.2 Å². The van der Waals surface area contributed by atoms with Crippen LogP contribution in [-0.4, -0.2) is 84.8 Å². The fourth-order valence-corrected chi connectivity index (χ4v) is 3.05. The summed E-state index contributed by atoms with van der Waals surface area (Å²) in [6.07, 6.45) is 2.91. The molecule has 0 aromatic rings. The average Bonchev–Trinajstić information content (AvgIpc) is 2.50. The quantitative estimate of drug-likeness (QED) is 0.171. The molecule has 0 rings (SSSR count). The monoisotopic (exact) mass is 506 g/mol. The minimum absolute atomic E-state index is 0. The minimum atomic E-state index is -2.93. The molecule has 158 valence electrons. The molecule has 0 spiro atoms. The van der Waals surface area contributed by atoms with Crippen molar-refractivity contribution < 1.29 is 13.2 Å². The smallest absolute Gasteiger partial charge is 0.191 e. The lowest BCUT2D eigenvalue weighted by Gasteiger charge is -2.23. The molecular weight excluding hydrogens is 467 g/mol. The van der Waals surface area contributed by atoms with Crippen LogP contribution in [0.4, 0.5) is 0 Å². The largest absolute Gasteiger partial charge is 0.385 e. The first-order valence-corrected chi connectivity index (χ1v) is 11.0. The first-order valence-electron chi connectivity index (χ1n) is 8.97. The molecule has 2 N–H and O–H groups in total. The van der Waals surface area contributed by atoms with E-state index in [-0.39, 0.29) is 35.1 Å². The van der Waals surface area contributed by atoms with Gasteiger partial charge < -0.3 is 20.3 Å². The normalized spacial score (nSPS) is 12.8. The maximum atomic E-state index is 11.3. The molecule has 0 fully saturated rings. The van der Waals surface area contributed by atoms with Crippen molar-refractivity contribution in [3.05, 3.63) is 0 Å². The van der Waals surface area contributed by atoms with Crippen molar-refractivity contribution in [2.24, 2.45) is 10.4 Å². The van der Waals surface area contributed by atoms with E-state index in [4.69, 9.17) is 4.74 Å². The Labute approximate surface area is 177 Å². The zero-order valence-electron chi connectivity index (χ0n) is 17.3. The fraction of sp³-hybridized carbons (Fsp3) is 0.941. The van der Waals surface area contributed by atoms with E-state index in [1.165, 1.54) is 6.26 Å². The highest BCUT2D eigenvalue weighted by Crippen LogP contribution is 2.21. The molecule has 26 heavy (non-hydrogen) atoms. The molecule has 0 saturated heterocycles. The van der Waals surface area contributed by atoms with Gasteiger partial charge in [0, 0.05) is 52.7 Å². The molecule has 0 aliphatic carbocycles. The number of halogens is 1. The molecule has 0 aromatic heterocycles.